The molecule has 1 heterocycles. The normalized spacial score (nSPS) is 16.2. The Morgan fingerprint density at radius 1 is 1.24 bits per heavy atom. The van der Waals surface area contributed by atoms with E-state index in [1.165, 1.54) is 18.2 Å². The van der Waals surface area contributed by atoms with Crippen LogP contribution in [0.3, 0.4) is 0 Å². The van der Waals surface area contributed by atoms with Gasteiger partial charge in [0, 0.05) is 11.6 Å². The van der Waals surface area contributed by atoms with E-state index in [4.69, 9.17) is 4.74 Å². The lowest BCUT2D eigenvalue weighted by Crippen LogP contribution is -2.21. The van der Waals surface area contributed by atoms with Gasteiger partial charge >= 0.3 is 0 Å². The smallest absolute Gasteiger partial charge is 0.170 e. The van der Waals surface area contributed by atoms with E-state index in [2.05, 4.69) is 6.58 Å². The molecule has 0 spiro atoms. The molecule has 130 valence electrons. The molecule has 5 nitrogen and oxygen atoms in total. The van der Waals surface area contributed by atoms with Crippen LogP contribution in [0.25, 0.3) is 0 Å². The lowest BCUT2D eigenvalue weighted by Gasteiger charge is -2.27. The highest BCUT2D eigenvalue weighted by Crippen LogP contribution is 2.42. The number of phenols is 3. The minimum absolute atomic E-state index is 0.0169. The van der Waals surface area contributed by atoms with Crippen molar-refractivity contribution in [3.63, 3.8) is 0 Å². The maximum Gasteiger partial charge on any atom is 0.170 e. The number of phenolic OH excluding ortho intramolecular Hbond substituents is 3. The van der Waals surface area contributed by atoms with E-state index in [1.807, 2.05) is 6.92 Å². The molecule has 2 aromatic rings. The number of carbonyl (C=O) groups is 1. The summed E-state index contributed by atoms with van der Waals surface area (Å²) >= 11 is 0. The molecule has 0 saturated carbocycles. The Morgan fingerprint density at radius 3 is 2.72 bits per heavy atom. The number of allylic oxidation sites excluding steroid dienone is 1. The Labute approximate surface area is 145 Å². The fourth-order valence-corrected chi connectivity index (χ4v) is 3.03. The van der Waals surface area contributed by atoms with Crippen molar-refractivity contribution < 1.29 is 24.9 Å². The lowest BCUT2D eigenvalue weighted by atomic mass is 9.90. The van der Waals surface area contributed by atoms with Gasteiger partial charge in [0.25, 0.3) is 0 Å². The molecule has 1 unspecified atom stereocenters. The van der Waals surface area contributed by atoms with Crippen LogP contribution >= 0.6 is 0 Å². The average Bonchev–Trinajstić information content (AvgIpc) is 2.55. The van der Waals surface area contributed by atoms with Gasteiger partial charge in [0.05, 0.1) is 12.0 Å². The summed E-state index contributed by atoms with van der Waals surface area (Å²) in [6.07, 6.45) is 0.657. The number of fused-ring (bicyclic) bond motifs is 1. The third kappa shape index (κ3) is 3.31. The molecule has 0 amide bonds. The van der Waals surface area contributed by atoms with Gasteiger partial charge in [0.15, 0.2) is 17.3 Å². The lowest BCUT2D eigenvalue weighted by molar-refractivity contribution is 0.0848. The summed E-state index contributed by atoms with van der Waals surface area (Å²) in [6.45, 7) is 5.75. The molecule has 25 heavy (non-hydrogen) atoms. The minimum atomic E-state index is -0.589. The molecule has 0 bridgehead atoms. The molecular weight excluding hydrogens is 320 g/mol. The van der Waals surface area contributed by atoms with Gasteiger partial charge in [-0.05, 0) is 43.5 Å². The fraction of sp³-hybridized carbons (Fsp3) is 0.250. The van der Waals surface area contributed by atoms with Crippen molar-refractivity contribution in [3.05, 3.63) is 59.2 Å². The summed E-state index contributed by atoms with van der Waals surface area (Å²) in [7, 11) is 0. The summed E-state index contributed by atoms with van der Waals surface area (Å²) in [4.78, 5) is 12.4. The Kier molecular flexibility index (Phi) is 4.40. The molecule has 1 aliphatic heterocycles. The first kappa shape index (κ1) is 16.9. The van der Waals surface area contributed by atoms with Gasteiger partial charge in [-0.2, -0.15) is 0 Å². The Morgan fingerprint density at radius 2 is 2.00 bits per heavy atom. The van der Waals surface area contributed by atoms with Crippen molar-refractivity contribution >= 4 is 5.78 Å². The van der Waals surface area contributed by atoms with Crippen LogP contribution in [0.1, 0.15) is 47.4 Å². The van der Waals surface area contributed by atoms with Gasteiger partial charge in [-0.3, -0.25) is 4.79 Å². The third-order valence-corrected chi connectivity index (χ3v) is 4.35. The average molecular weight is 340 g/mol. The zero-order valence-corrected chi connectivity index (χ0v) is 14.0. The van der Waals surface area contributed by atoms with Crippen LogP contribution in [0.2, 0.25) is 0 Å². The van der Waals surface area contributed by atoms with Crippen molar-refractivity contribution in [2.24, 2.45) is 0 Å². The first-order valence-electron chi connectivity index (χ1n) is 8.07. The molecule has 5 heteroatoms. The second-order valence-corrected chi connectivity index (χ2v) is 6.37. The van der Waals surface area contributed by atoms with Crippen LogP contribution in [0, 0.1) is 0 Å². The molecule has 0 saturated heterocycles. The molecule has 2 aromatic carbocycles. The number of aromatic hydroxyl groups is 3. The zero-order chi connectivity index (χ0) is 18.1. The van der Waals surface area contributed by atoms with E-state index in [-0.39, 0.29) is 29.5 Å². The number of benzene rings is 2. The number of ketones is 1. The van der Waals surface area contributed by atoms with Crippen LogP contribution < -0.4 is 4.74 Å². The topological polar surface area (TPSA) is 87.0 Å². The van der Waals surface area contributed by atoms with Gasteiger partial charge in [-0.15, -0.1) is 6.58 Å². The van der Waals surface area contributed by atoms with Crippen LogP contribution in [0.15, 0.2) is 42.5 Å². The van der Waals surface area contributed by atoms with E-state index in [0.29, 0.717) is 35.3 Å². The molecule has 0 radical (unpaired) electrons. The number of ether oxygens (including phenoxy) is 1. The monoisotopic (exact) mass is 340 g/mol. The number of carbonyl (C=O) groups excluding carboxylic acids is 1. The second-order valence-electron chi connectivity index (χ2n) is 6.37. The van der Waals surface area contributed by atoms with Crippen molar-refractivity contribution in [2.75, 3.05) is 0 Å². The van der Waals surface area contributed by atoms with Crippen molar-refractivity contribution in [1.29, 1.82) is 0 Å². The van der Waals surface area contributed by atoms with E-state index in [0.717, 1.165) is 5.57 Å². The van der Waals surface area contributed by atoms with E-state index >= 15 is 0 Å². The zero-order valence-electron chi connectivity index (χ0n) is 14.0. The number of hydrogen-bond acceptors (Lipinski definition) is 5. The molecule has 3 N–H and O–H groups in total. The van der Waals surface area contributed by atoms with E-state index in [9.17, 15) is 20.1 Å². The number of rotatable bonds is 4. The summed E-state index contributed by atoms with van der Waals surface area (Å²) in [5.41, 5.74) is 2.58. The first-order valence-corrected chi connectivity index (χ1v) is 8.07. The molecular formula is C20H20O5. The summed E-state index contributed by atoms with van der Waals surface area (Å²) < 4.78 is 5.92. The highest BCUT2D eigenvalue weighted by Gasteiger charge is 2.30. The molecule has 1 atom stereocenters. The van der Waals surface area contributed by atoms with Crippen molar-refractivity contribution in [3.8, 4) is 23.0 Å². The first-order chi connectivity index (χ1) is 11.9. The fourth-order valence-electron chi connectivity index (χ4n) is 3.03. The maximum atomic E-state index is 12.4. The second kappa shape index (κ2) is 6.51. The van der Waals surface area contributed by atoms with Crippen LogP contribution in [-0.2, 0) is 6.42 Å². The van der Waals surface area contributed by atoms with E-state index in [1.54, 1.807) is 12.1 Å². The predicted octanol–water partition coefficient (Wildman–Crippen LogP) is 4.02. The van der Waals surface area contributed by atoms with E-state index < -0.39 is 6.10 Å². The third-order valence-electron chi connectivity index (χ3n) is 4.35. The molecule has 0 aliphatic carbocycles. The quantitative estimate of drug-likeness (QED) is 0.578. The minimum Gasteiger partial charge on any atom is -0.508 e. The summed E-state index contributed by atoms with van der Waals surface area (Å²) in [5.74, 6) is -0.162. The number of hydrogen-bond donors (Lipinski definition) is 3. The Bertz CT molecular complexity index is 853. The van der Waals surface area contributed by atoms with Gasteiger partial charge in [-0.1, -0.05) is 11.6 Å². The predicted molar refractivity (Wildman–Crippen MR) is 93.3 cm³/mol. The molecule has 0 aromatic heterocycles. The van der Waals surface area contributed by atoms with Crippen molar-refractivity contribution in [2.45, 2.75) is 32.3 Å². The Balaban J connectivity index is 2.00. The number of Topliss-reactive ketones (excluding diaryl/α,β-unsaturated/α-hetero) is 1. The maximum absolute atomic E-state index is 12.4. The van der Waals surface area contributed by atoms with Gasteiger partial charge in [0.2, 0.25) is 0 Å². The van der Waals surface area contributed by atoms with Gasteiger partial charge < -0.3 is 20.1 Å². The Hall–Kier alpha value is -2.95. The van der Waals surface area contributed by atoms with Crippen LogP contribution in [0.4, 0.5) is 0 Å². The largest absolute Gasteiger partial charge is 0.508 e. The molecule has 0 fully saturated rings. The molecule has 1 aliphatic rings. The van der Waals surface area contributed by atoms with Gasteiger partial charge in [0.1, 0.15) is 17.6 Å². The molecule has 3 rings (SSSR count). The highest BCUT2D eigenvalue weighted by atomic mass is 16.5. The summed E-state index contributed by atoms with van der Waals surface area (Å²) in [6, 6.07) is 7.45. The van der Waals surface area contributed by atoms with Crippen molar-refractivity contribution in [1.82, 2.24) is 0 Å². The summed E-state index contributed by atoms with van der Waals surface area (Å²) in [5, 5.41) is 29.7. The SMILES string of the molecule is C=C(C)CCc1c(C2CC(=O)c3ccc(O)cc3O2)ccc(O)c1O. The van der Waals surface area contributed by atoms with Gasteiger partial charge in [-0.25, -0.2) is 0 Å². The van der Waals surface area contributed by atoms with Crippen LogP contribution in [0.5, 0.6) is 23.0 Å². The van der Waals surface area contributed by atoms with Crippen LogP contribution in [-0.4, -0.2) is 21.1 Å². The standard InChI is InChI=1S/C20H20O5/c1-11(2)3-5-14-13(7-8-16(22)20(14)24)19-10-17(23)15-6-4-12(21)9-18(15)25-19/h4,6-9,19,21-22,24H,1,3,5,10H2,2H3. The highest BCUT2D eigenvalue weighted by molar-refractivity contribution is 6.00.